The van der Waals surface area contributed by atoms with Crippen molar-refractivity contribution in [3.63, 3.8) is 0 Å². The first-order valence-corrected chi connectivity index (χ1v) is 5.37. The van der Waals surface area contributed by atoms with E-state index >= 15 is 0 Å². The summed E-state index contributed by atoms with van der Waals surface area (Å²) in [6.45, 7) is 0. The molecule has 1 aromatic carbocycles. The fourth-order valence-corrected chi connectivity index (χ4v) is 2.04. The zero-order valence-electron chi connectivity index (χ0n) is 9.11. The molecule has 1 aliphatic carbocycles. The van der Waals surface area contributed by atoms with Crippen LogP contribution < -0.4 is 0 Å². The van der Waals surface area contributed by atoms with Crippen molar-refractivity contribution in [3.05, 3.63) is 52.1 Å². The lowest BCUT2D eigenvalue weighted by molar-refractivity contribution is -0.386. The fourth-order valence-electron chi connectivity index (χ4n) is 2.04. The van der Waals surface area contributed by atoms with Crippen molar-refractivity contribution in [3.8, 4) is 0 Å². The van der Waals surface area contributed by atoms with Gasteiger partial charge < -0.3 is 10.2 Å². The summed E-state index contributed by atoms with van der Waals surface area (Å²) in [5.41, 5.74) is -1.19. The molecule has 0 radical (unpaired) electrons. The Bertz CT molecular complexity index is 471. The van der Waals surface area contributed by atoms with Gasteiger partial charge in [0.25, 0.3) is 5.69 Å². The topological polar surface area (TPSA) is 83.6 Å². The zero-order valence-corrected chi connectivity index (χ0v) is 9.11. The maximum absolute atomic E-state index is 10.9. The molecule has 0 aliphatic heterocycles. The van der Waals surface area contributed by atoms with Crippen LogP contribution in [0.25, 0.3) is 0 Å². The summed E-state index contributed by atoms with van der Waals surface area (Å²) in [7, 11) is 0. The number of hydrogen-bond donors (Lipinski definition) is 2. The molecule has 2 N–H and O–H groups in total. The minimum absolute atomic E-state index is 0.101. The van der Waals surface area contributed by atoms with Gasteiger partial charge in [-0.2, -0.15) is 0 Å². The van der Waals surface area contributed by atoms with Gasteiger partial charge in [-0.1, -0.05) is 18.2 Å². The first-order chi connectivity index (χ1) is 8.03. The molecule has 90 valence electrons. The molecule has 5 nitrogen and oxygen atoms in total. The second-order valence-corrected chi connectivity index (χ2v) is 4.16. The van der Waals surface area contributed by atoms with E-state index in [2.05, 4.69) is 0 Å². The lowest BCUT2D eigenvalue weighted by atomic mass is 9.83. The number of aliphatic hydroxyl groups is 2. The Morgan fingerprint density at radius 2 is 2.12 bits per heavy atom. The third-order valence-corrected chi connectivity index (χ3v) is 2.98. The molecule has 5 heteroatoms. The summed E-state index contributed by atoms with van der Waals surface area (Å²) < 4.78 is 0. The number of nitro benzene ring substituents is 1. The first-order valence-electron chi connectivity index (χ1n) is 5.37. The van der Waals surface area contributed by atoms with Gasteiger partial charge in [-0.05, 0) is 25.0 Å². The van der Waals surface area contributed by atoms with Crippen LogP contribution in [0, 0.1) is 10.1 Å². The number of para-hydroxylation sites is 1. The van der Waals surface area contributed by atoms with Gasteiger partial charge in [0.2, 0.25) is 0 Å². The smallest absolute Gasteiger partial charge is 0.275 e. The zero-order chi connectivity index (χ0) is 12.5. The SMILES string of the molecule is O=[N+]([O-])c1ccccc1C1(O)C=CC(O)CC1. The minimum atomic E-state index is -1.36. The van der Waals surface area contributed by atoms with Gasteiger partial charge in [0, 0.05) is 6.07 Å². The molecule has 1 aromatic rings. The summed E-state index contributed by atoms with van der Waals surface area (Å²) in [6.07, 6.45) is 2.98. The summed E-state index contributed by atoms with van der Waals surface area (Å²) in [5, 5.41) is 30.6. The number of rotatable bonds is 2. The van der Waals surface area contributed by atoms with Gasteiger partial charge in [0.1, 0.15) is 5.60 Å². The van der Waals surface area contributed by atoms with Crippen LogP contribution in [0.2, 0.25) is 0 Å². The quantitative estimate of drug-likeness (QED) is 0.462. The Morgan fingerprint density at radius 3 is 2.71 bits per heavy atom. The molecule has 1 aliphatic rings. The van der Waals surface area contributed by atoms with E-state index in [1.807, 2.05) is 0 Å². The van der Waals surface area contributed by atoms with Crippen LogP contribution in [-0.4, -0.2) is 21.2 Å². The van der Waals surface area contributed by atoms with E-state index in [-0.39, 0.29) is 17.7 Å². The molecule has 17 heavy (non-hydrogen) atoms. The molecule has 0 fully saturated rings. The molecule has 0 aromatic heterocycles. The van der Waals surface area contributed by atoms with Crippen LogP contribution >= 0.6 is 0 Å². The molecule has 2 rings (SSSR count). The summed E-state index contributed by atoms with van der Waals surface area (Å²) in [6, 6.07) is 6.12. The molecule has 0 saturated heterocycles. The Kier molecular flexibility index (Phi) is 2.95. The van der Waals surface area contributed by atoms with Gasteiger partial charge in [0.05, 0.1) is 16.6 Å². The van der Waals surface area contributed by atoms with Crippen LogP contribution in [0.5, 0.6) is 0 Å². The molecule has 0 bridgehead atoms. The van der Waals surface area contributed by atoms with Crippen LogP contribution in [-0.2, 0) is 5.60 Å². The van der Waals surface area contributed by atoms with Crippen molar-refractivity contribution in [2.45, 2.75) is 24.5 Å². The predicted octanol–water partition coefficient (Wildman–Crippen LogP) is 1.49. The van der Waals surface area contributed by atoms with Crippen molar-refractivity contribution >= 4 is 5.69 Å². The normalized spacial score (nSPS) is 28.0. The van der Waals surface area contributed by atoms with Crippen LogP contribution in [0.3, 0.4) is 0 Å². The molecule has 0 saturated carbocycles. The van der Waals surface area contributed by atoms with Gasteiger partial charge in [0.15, 0.2) is 0 Å². The fraction of sp³-hybridized carbons (Fsp3) is 0.333. The maximum atomic E-state index is 10.9. The van der Waals surface area contributed by atoms with Gasteiger partial charge in [-0.25, -0.2) is 0 Å². The maximum Gasteiger partial charge on any atom is 0.275 e. The summed E-state index contributed by atoms with van der Waals surface area (Å²) >= 11 is 0. The molecule has 0 spiro atoms. The van der Waals surface area contributed by atoms with Gasteiger partial charge in [-0.3, -0.25) is 10.1 Å². The second-order valence-electron chi connectivity index (χ2n) is 4.16. The van der Waals surface area contributed by atoms with E-state index in [0.29, 0.717) is 6.42 Å². The van der Waals surface area contributed by atoms with Crippen molar-refractivity contribution in [2.75, 3.05) is 0 Å². The molecule has 0 heterocycles. The molecular formula is C12H13NO4. The lowest BCUT2D eigenvalue weighted by Crippen LogP contribution is -2.29. The van der Waals surface area contributed by atoms with E-state index in [1.54, 1.807) is 18.2 Å². The van der Waals surface area contributed by atoms with Gasteiger partial charge in [-0.15, -0.1) is 0 Å². The first kappa shape index (κ1) is 11.8. The Labute approximate surface area is 98.2 Å². The molecule has 2 atom stereocenters. The Morgan fingerprint density at radius 1 is 1.41 bits per heavy atom. The van der Waals surface area contributed by atoms with E-state index in [4.69, 9.17) is 0 Å². The van der Waals surface area contributed by atoms with Crippen molar-refractivity contribution in [1.29, 1.82) is 0 Å². The highest BCUT2D eigenvalue weighted by Crippen LogP contribution is 2.37. The number of hydrogen-bond acceptors (Lipinski definition) is 4. The largest absolute Gasteiger partial charge is 0.389 e. The monoisotopic (exact) mass is 235 g/mol. The van der Waals surface area contributed by atoms with E-state index in [0.717, 1.165) is 0 Å². The van der Waals surface area contributed by atoms with E-state index < -0.39 is 16.6 Å². The Balaban J connectivity index is 2.47. The second kappa shape index (κ2) is 4.27. The van der Waals surface area contributed by atoms with Crippen molar-refractivity contribution in [1.82, 2.24) is 0 Å². The van der Waals surface area contributed by atoms with Crippen LogP contribution in [0.4, 0.5) is 5.69 Å². The third-order valence-electron chi connectivity index (χ3n) is 2.98. The standard InChI is InChI=1S/C12H13NO4/c14-9-5-7-12(15,8-6-9)10-3-1-2-4-11(10)13(16)17/h1-5,7,9,14-15H,6,8H2. The predicted molar refractivity (Wildman–Crippen MR) is 61.4 cm³/mol. The van der Waals surface area contributed by atoms with Gasteiger partial charge >= 0.3 is 0 Å². The van der Waals surface area contributed by atoms with E-state index in [9.17, 15) is 20.3 Å². The highest BCUT2D eigenvalue weighted by molar-refractivity contribution is 5.46. The summed E-state index contributed by atoms with van der Waals surface area (Å²) in [5.74, 6) is 0. The third kappa shape index (κ3) is 2.20. The summed E-state index contributed by atoms with van der Waals surface area (Å²) in [4.78, 5) is 10.4. The van der Waals surface area contributed by atoms with E-state index in [1.165, 1.54) is 18.2 Å². The average Bonchev–Trinajstić information content (AvgIpc) is 2.33. The highest BCUT2D eigenvalue weighted by Gasteiger charge is 2.35. The highest BCUT2D eigenvalue weighted by atomic mass is 16.6. The molecule has 2 unspecified atom stereocenters. The minimum Gasteiger partial charge on any atom is -0.389 e. The Hall–Kier alpha value is -1.72. The molecule has 0 amide bonds. The number of nitrogens with zero attached hydrogens (tertiary/aromatic N) is 1. The van der Waals surface area contributed by atoms with Crippen molar-refractivity contribution < 1.29 is 15.1 Å². The number of nitro groups is 1. The van der Waals surface area contributed by atoms with Crippen molar-refractivity contribution in [2.24, 2.45) is 0 Å². The number of aliphatic hydroxyl groups excluding tert-OH is 1. The molecular weight excluding hydrogens is 222 g/mol. The number of benzene rings is 1. The van der Waals surface area contributed by atoms with Crippen LogP contribution in [0.15, 0.2) is 36.4 Å². The average molecular weight is 235 g/mol. The lowest BCUT2D eigenvalue weighted by Gasteiger charge is -2.29. The van der Waals surface area contributed by atoms with Crippen LogP contribution in [0.1, 0.15) is 18.4 Å².